The number of halogens is 3. The summed E-state index contributed by atoms with van der Waals surface area (Å²) in [7, 11) is 0. The third-order valence-corrected chi connectivity index (χ3v) is 5.27. The predicted molar refractivity (Wildman–Crippen MR) is 69.7 cm³/mol. The van der Waals surface area contributed by atoms with Crippen LogP contribution in [-0.2, 0) is 6.42 Å². The van der Waals surface area contributed by atoms with Crippen LogP contribution in [0.2, 0.25) is 5.02 Å². The maximum atomic E-state index is 12.9. The lowest BCUT2D eigenvalue weighted by molar-refractivity contribution is 0.423. The van der Waals surface area contributed by atoms with Crippen LogP contribution in [0.5, 0.6) is 0 Å². The van der Waals surface area contributed by atoms with E-state index in [-0.39, 0.29) is 5.82 Å². The molecule has 0 nitrogen and oxygen atoms in total. The fraction of sp³-hybridized carbons (Fsp3) is 0.538. The van der Waals surface area contributed by atoms with E-state index in [1.165, 1.54) is 25.0 Å². The Bertz CT molecular complexity index is 380. The highest BCUT2D eigenvalue weighted by Gasteiger charge is 2.31. The first-order valence-corrected chi connectivity index (χ1v) is 6.95. The minimum Gasteiger partial charge on any atom is -0.207 e. The molecule has 3 atom stereocenters. The van der Waals surface area contributed by atoms with E-state index in [2.05, 4.69) is 22.9 Å². The molecule has 1 saturated carbocycles. The van der Waals surface area contributed by atoms with Crippen LogP contribution in [0.25, 0.3) is 0 Å². The molecule has 0 N–H and O–H groups in total. The van der Waals surface area contributed by atoms with E-state index >= 15 is 0 Å². The Hall–Kier alpha value is -0.0800. The molecule has 0 heterocycles. The average Bonchev–Trinajstić information content (AvgIpc) is 2.54. The molecule has 3 heteroatoms. The third kappa shape index (κ3) is 2.60. The summed E-state index contributed by atoms with van der Waals surface area (Å²) in [5, 5.41) is 0.560. The number of alkyl halides is 1. The van der Waals surface area contributed by atoms with Crippen LogP contribution in [0.15, 0.2) is 18.2 Å². The van der Waals surface area contributed by atoms with E-state index in [1.807, 2.05) is 6.07 Å². The third-order valence-electron chi connectivity index (χ3n) is 3.62. The van der Waals surface area contributed by atoms with Crippen LogP contribution >= 0.6 is 27.5 Å². The van der Waals surface area contributed by atoms with E-state index in [0.29, 0.717) is 21.7 Å². The van der Waals surface area contributed by atoms with Gasteiger partial charge in [-0.05, 0) is 48.8 Å². The monoisotopic (exact) mass is 304 g/mol. The highest BCUT2D eigenvalue weighted by Crippen LogP contribution is 2.39. The molecule has 88 valence electrons. The lowest BCUT2D eigenvalue weighted by Crippen LogP contribution is -2.13. The summed E-state index contributed by atoms with van der Waals surface area (Å²) in [6.45, 7) is 2.27. The van der Waals surface area contributed by atoms with Crippen molar-refractivity contribution < 1.29 is 4.39 Å². The number of benzene rings is 1. The molecule has 0 amide bonds. The number of hydrogen-bond acceptors (Lipinski definition) is 0. The smallest absolute Gasteiger partial charge is 0.124 e. The zero-order chi connectivity index (χ0) is 11.7. The van der Waals surface area contributed by atoms with Crippen LogP contribution in [0, 0.1) is 17.7 Å². The van der Waals surface area contributed by atoms with Gasteiger partial charge in [0.2, 0.25) is 0 Å². The molecule has 1 aliphatic rings. The van der Waals surface area contributed by atoms with Gasteiger partial charge in [-0.3, -0.25) is 0 Å². The lowest BCUT2D eigenvalue weighted by Gasteiger charge is -2.17. The topological polar surface area (TPSA) is 0 Å². The molecule has 3 unspecified atom stereocenters. The Balaban J connectivity index is 2.09. The van der Waals surface area contributed by atoms with E-state index in [1.54, 1.807) is 0 Å². The summed E-state index contributed by atoms with van der Waals surface area (Å²) in [6.07, 6.45) is 3.41. The zero-order valence-corrected chi connectivity index (χ0v) is 11.6. The van der Waals surface area contributed by atoms with Crippen LogP contribution in [0.4, 0.5) is 4.39 Å². The van der Waals surface area contributed by atoms with E-state index in [4.69, 9.17) is 11.6 Å². The molecule has 0 aromatic heterocycles. The van der Waals surface area contributed by atoms with Gasteiger partial charge >= 0.3 is 0 Å². The molecule has 1 aromatic carbocycles. The molecule has 1 fully saturated rings. The van der Waals surface area contributed by atoms with Gasteiger partial charge in [-0.2, -0.15) is 0 Å². The van der Waals surface area contributed by atoms with Crippen molar-refractivity contribution in [3.8, 4) is 0 Å². The molecule has 0 aliphatic heterocycles. The molecule has 1 aliphatic carbocycles. The van der Waals surface area contributed by atoms with Crippen molar-refractivity contribution >= 4 is 27.5 Å². The zero-order valence-electron chi connectivity index (χ0n) is 9.22. The molecule has 2 rings (SSSR count). The Morgan fingerprint density at radius 2 is 2.19 bits per heavy atom. The first kappa shape index (κ1) is 12.4. The normalized spacial score (nSPS) is 29.6. The van der Waals surface area contributed by atoms with Crippen molar-refractivity contribution in [2.24, 2.45) is 11.8 Å². The van der Waals surface area contributed by atoms with E-state index in [0.717, 1.165) is 12.0 Å². The largest absolute Gasteiger partial charge is 0.207 e. The van der Waals surface area contributed by atoms with Crippen LogP contribution in [0.3, 0.4) is 0 Å². The van der Waals surface area contributed by atoms with Gasteiger partial charge in [-0.25, -0.2) is 4.39 Å². The van der Waals surface area contributed by atoms with Gasteiger partial charge in [0.15, 0.2) is 0 Å². The second kappa shape index (κ2) is 5.05. The summed E-state index contributed by atoms with van der Waals surface area (Å²) in [5.74, 6) is 1.07. The second-order valence-corrected chi connectivity index (χ2v) is 6.24. The Labute approximate surface area is 109 Å². The number of rotatable bonds is 2. The Morgan fingerprint density at radius 1 is 1.44 bits per heavy atom. The van der Waals surface area contributed by atoms with Crippen molar-refractivity contribution in [2.75, 3.05) is 0 Å². The number of hydrogen-bond donors (Lipinski definition) is 0. The van der Waals surface area contributed by atoms with Crippen molar-refractivity contribution in [2.45, 2.75) is 31.0 Å². The second-order valence-electron chi connectivity index (χ2n) is 4.65. The minimum absolute atomic E-state index is 0.258. The SMILES string of the molecule is CC1C(Br)CCC1Cc1ccc(F)cc1Cl. The molecular formula is C13H15BrClF. The standard InChI is InChI=1S/C13H15BrClF/c1-8-9(3-5-12(8)14)6-10-2-4-11(16)7-13(10)15/h2,4,7-9,12H,3,5-6H2,1H3. The fourth-order valence-electron chi connectivity index (χ4n) is 2.45. The lowest BCUT2D eigenvalue weighted by atomic mass is 9.91. The fourth-order valence-corrected chi connectivity index (χ4v) is 3.39. The van der Waals surface area contributed by atoms with Crippen molar-refractivity contribution in [3.63, 3.8) is 0 Å². The van der Waals surface area contributed by atoms with Crippen molar-refractivity contribution in [3.05, 3.63) is 34.6 Å². The van der Waals surface area contributed by atoms with Crippen LogP contribution in [0.1, 0.15) is 25.3 Å². The summed E-state index contributed by atoms with van der Waals surface area (Å²) in [4.78, 5) is 0.622. The molecule has 0 spiro atoms. The van der Waals surface area contributed by atoms with E-state index < -0.39 is 0 Å². The molecule has 0 radical (unpaired) electrons. The molecular weight excluding hydrogens is 290 g/mol. The van der Waals surface area contributed by atoms with Gasteiger partial charge < -0.3 is 0 Å². The molecule has 0 saturated heterocycles. The summed E-state index contributed by atoms with van der Waals surface area (Å²) in [6, 6.07) is 4.71. The van der Waals surface area contributed by atoms with Crippen molar-refractivity contribution in [1.29, 1.82) is 0 Å². The Morgan fingerprint density at radius 3 is 2.75 bits per heavy atom. The van der Waals surface area contributed by atoms with Gasteiger partial charge in [-0.15, -0.1) is 0 Å². The van der Waals surface area contributed by atoms with Gasteiger partial charge in [-0.1, -0.05) is 40.5 Å². The Kier molecular flexibility index (Phi) is 3.91. The molecule has 16 heavy (non-hydrogen) atoms. The summed E-state index contributed by atoms with van der Waals surface area (Å²) >= 11 is 9.73. The predicted octanol–water partition coefficient (Wildman–Crippen LogP) is 4.83. The maximum absolute atomic E-state index is 12.9. The molecule has 0 bridgehead atoms. The van der Waals surface area contributed by atoms with Crippen molar-refractivity contribution in [1.82, 2.24) is 0 Å². The average molecular weight is 306 g/mol. The first-order valence-electron chi connectivity index (χ1n) is 5.66. The van der Waals surface area contributed by atoms with Gasteiger partial charge in [0.25, 0.3) is 0 Å². The minimum atomic E-state index is -0.258. The molecule has 1 aromatic rings. The summed E-state index contributed by atoms with van der Waals surface area (Å²) < 4.78 is 12.9. The highest BCUT2D eigenvalue weighted by molar-refractivity contribution is 9.09. The first-order chi connectivity index (χ1) is 7.58. The van der Waals surface area contributed by atoms with Gasteiger partial charge in [0.1, 0.15) is 5.82 Å². The highest BCUT2D eigenvalue weighted by atomic mass is 79.9. The van der Waals surface area contributed by atoms with Gasteiger partial charge in [0.05, 0.1) is 0 Å². The van der Waals surface area contributed by atoms with E-state index in [9.17, 15) is 4.39 Å². The summed E-state index contributed by atoms with van der Waals surface area (Å²) in [5.41, 5.74) is 1.07. The van der Waals surface area contributed by atoms with Gasteiger partial charge in [0, 0.05) is 9.85 Å². The van der Waals surface area contributed by atoms with Crippen LogP contribution < -0.4 is 0 Å². The van der Waals surface area contributed by atoms with Crippen LogP contribution in [-0.4, -0.2) is 4.83 Å². The maximum Gasteiger partial charge on any atom is 0.124 e. The quantitative estimate of drug-likeness (QED) is 0.686.